The van der Waals surface area contributed by atoms with Crippen molar-refractivity contribution in [3.05, 3.63) is 42.6 Å². The van der Waals surface area contributed by atoms with Crippen molar-refractivity contribution in [1.29, 1.82) is 0 Å². The normalized spacial score (nSPS) is 9.85. The number of aromatic nitrogens is 2. The molecule has 0 aliphatic carbocycles. The summed E-state index contributed by atoms with van der Waals surface area (Å²) in [7, 11) is 0. The molecule has 1 heterocycles. The zero-order valence-electron chi connectivity index (χ0n) is 6.84. The molecule has 0 spiro atoms. The van der Waals surface area contributed by atoms with Crippen LogP contribution >= 0.6 is 12.6 Å². The minimum atomic E-state index is 0.390. The van der Waals surface area contributed by atoms with Crippen molar-refractivity contribution in [3.63, 3.8) is 0 Å². The predicted molar refractivity (Wildman–Crippen MR) is 53.3 cm³/mol. The molecule has 1 aromatic carbocycles. The number of hydrogen-bond acceptors (Lipinski definition) is 2. The molecule has 0 amide bonds. The summed E-state index contributed by atoms with van der Waals surface area (Å²) in [5.74, 6) is 0. The first-order chi connectivity index (χ1) is 6.36. The Balaban J connectivity index is 2.48. The van der Waals surface area contributed by atoms with E-state index in [1.54, 1.807) is 6.20 Å². The van der Waals surface area contributed by atoms with Crippen LogP contribution in [0.15, 0.2) is 47.8 Å². The van der Waals surface area contributed by atoms with Gasteiger partial charge in [-0.1, -0.05) is 30.3 Å². The largest absolute Gasteiger partial charge is 0.227 e. The number of nitrogens with zero attached hydrogens (tertiary/aromatic N) is 2. The molecule has 2 aromatic rings. The molecule has 0 fully saturated rings. The third kappa shape index (κ3) is 1.81. The van der Waals surface area contributed by atoms with Crippen LogP contribution in [0.25, 0.3) is 11.3 Å². The van der Waals surface area contributed by atoms with Crippen molar-refractivity contribution in [3.8, 4) is 11.3 Å². The highest BCUT2D eigenvalue weighted by Crippen LogP contribution is 2.15. The second-order valence-corrected chi connectivity index (χ2v) is 2.96. The van der Waals surface area contributed by atoms with Crippen molar-refractivity contribution >= 4 is 12.6 Å². The van der Waals surface area contributed by atoms with Crippen LogP contribution in [0.1, 0.15) is 0 Å². The first-order valence-electron chi connectivity index (χ1n) is 3.92. The fraction of sp³-hybridized carbons (Fsp3) is 0. The summed E-state index contributed by atoms with van der Waals surface area (Å²) in [6.07, 6.45) is 1.68. The Labute approximate surface area is 82.1 Å². The lowest BCUT2D eigenvalue weighted by molar-refractivity contribution is 0.980. The van der Waals surface area contributed by atoms with Gasteiger partial charge in [-0.25, -0.2) is 9.97 Å². The number of hydrogen-bond donors (Lipinski definition) is 0. The van der Waals surface area contributed by atoms with Gasteiger partial charge in [0.15, 0.2) is 0 Å². The van der Waals surface area contributed by atoms with Crippen molar-refractivity contribution < 1.29 is 0 Å². The lowest BCUT2D eigenvalue weighted by atomic mass is 10.1. The Morgan fingerprint density at radius 2 is 1.77 bits per heavy atom. The van der Waals surface area contributed by atoms with Crippen molar-refractivity contribution in [2.24, 2.45) is 0 Å². The average molecular weight is 187 g/mol. The van der Waals surface area contributed by atoms with E-state index in [4.69, 9.17) is 12.6 Å². The van der Waals surface area contributed by atoms with E-state index < -0.39 is 0 Å². The summed E-state index contributed by atoms with van der Waals surface area (Å²) in [4.78, 5) is 8.02. The van der Waals surface area contributed by atoms with E-state index in [0.29, 0.717) is 5.16 Å². The predicted octanol–water partition coefficient (Wildman–Crippen LogP) is 2.70. The standard InChI is InChI=1S/C10H7N2S/c13-10-11-7-6-9(12-10)8-4-2-1-3-5-8/h1-7H. The summed E-state index contributed by atoms with van der Waals surface area (Å²) in [5, 5.41) is 0.390. The average Bonchev–Trinajstić information content (AvgIpc) is 2.19. The van der Waals surface area contributed by atoms with Gasteiger partial charge in [0.25, 0.3) is 0 Å². The van der Waals surface area contributed by atoms with E-state index in [9.17, 15) is 0 Å². The van der Waals surface area contributed by atoms with Gasteiger partial charge in [-0.3, -0.25) is 0 Å². The molecule has 3 heteroatoms. The van der Waals surface area contributed by atoms with E-state index in [-0.39, 0.29) is 0 Å². The highest BCUT2D eigenvalue weighted by molar-refractivity contribution is 7.80. The van der Waals surface area contributed by atoms with Gasteiger partial charge in [-0.05, 0) is 18.7 Å². The summed E-state index contributed by atoms with van der Waals surface area (Å²) < 4.78 is 0. The molecular formula is C10H7N2S. The Bertz CT molecular complexity index is 401. The van der Waals surface area contributed by atoms with E-state index in [2.05, 4.69) is 9.97 Å². The summed E-state index contributed by atoms with van der Waals surface area (Å²) in [6.45, 7) is 0. The quantitative estimate of drug-likeness (QED) is 0.641. The van der Waals surface area contributed by atoms with Gasteiger partial charge >= 0.3 is 0 Å². The van der Waals surface area contributed by atoms with Crippen LogP contribution in [-0.2, 0) is 0 Å². The molecule has 1 radical (unpaired) electrons. The van der Waals surface area contributed by atoms with Gasteiger partial charge in [0, 0.05) is 11.8 Å². The molecule has 0 aliphatic rings. The smallest absolute Gasteiger partial charge is 0.219 e. The maximum atomic E-state index is 4.88. The number of rotatable bonds is 1. The minimum absolute atomic E-state index is 0.390. The highest BCUT2D eigenvalue weighted by Gasteiger charge is 1.98. The van der Waals surface area contributed by atoms with Gasteiger partial charge in [0.1, 0.15) is 0 Å². The maximum Gasteiger partial charge on any atom is 0.219 e. The molecule has 13 heavy (non-hydrogen) atoms. The van der Waals surface area contributed by atoms with Gasteiger partial charge < -0.3 is 0 Å². The van der Waals surface area contributed by atoms with Crippen LogP contribution in [0, 0.1) is 0 Å². The summed E-state index contributed by atoms with van der Waals surface area (Å²) >= 11 is 4.88. The van der Waals surface area contributed by atoms with E-state index >= 15 is 0 Å². The second kappa shape index (κ2) is 3.49. The van der Waals surface area contributed by atoms with Gasteiger partial charge in [-0.2, -0.15) is 0 Å². The fourth-order valence-electron chi connectivity index (χ4n) is 1.11. The van der Waals surface area contributed by atoms with Crippen LogP contribution in [0.5, 0.6) is 0 Å². The third-order valence-electron chi connectivity index (χ3n) is 1.70. The summed E-state index contributed by atoms with van der Waals surface area (Å²) in [5.41, 5.74) is 1.94. The lowest BCUT2D eigenvalue weighted by Crippen LogP contribution is -1.86. The van der Waals surface area contributed by atoms with Gasteiger partial charge in [0.05, 0.1) is 5.69 Å². The fourth-order valence-corrected chi connectivity index (χ4v) is 1.27. The Morgan fingerprint density at radius 3 is 2.46 bits per heavy atom. The molecule has 0 atom stereocenters. The number of benzene rings is 1. The zero-order chi connectivity index (χ0) is 9.10. The Hall–Kier alpha value is -1.48. The molecule has 0 saturated heterocycles. The molecule has 0 unspecified atom stereocenters. The van der Waals surface area contributed by atoms with Crippen LogP contribution in [0.3, 0.4) is 0 Å². The summed E-state index contributed by atoms with van der Waals surface area (Å²) in [6, 6.07) is 11.8. The molecular weight excluding hydrogens is 180 g/mol. The second-order valence-electron chi connectivity index (χ2n) is 2.59. The Morgan fingerprint density at radius 1 is 1.00 bits per heavy atom. The Kier molecular flexibility index (Phi) is 2.19. The molecule has 0 N–H and O–H groups in total. The van der Waals surface area contributed by atoms with E-state index in [1.807, 2.05) is 36.4 Å². The molecule has 0 bridgehead atoms. The molecule has 0 aliphatic heterocycles. The molecule has 63 valence electrons. The molecule has 0 saturated carbocycles. The van der Waals surface area contributed by atoms with Crippen LogP contribution in [0.2, 0.25) is 0 Å². The molecule has 2 rings (SSSR count). The highest BCUT2D eigenvalue weighted by atomic mass is 32.1. The van der Waals surface area contributed by atoms with Crippen molar-refractivity contribution in [1.82, 2.24) is 9.97 Å². The minimum Gasteiger partial charge on any atom is -0.227 e. The topological polar surface area (TPSA) is 25.8 Å². The zero-order valence-corrected chi connectivity index (χ0v) is 7.66. The van der Waals surface area contributed by atoms with Crippen LogP contribution in [-0.4, -0.2) is 9.97 Å². The SMILES string of the molecule is [S]c1nccc(-c2ccccc2)n1. The van der Waals surface area contributed by atoms with Crippen LogP contribution < -0.4 is 0 Å². The molecule has 1 aromatic heterocycles. The first kappa shape index (κ1) is 8.13. The van der Waals surface area contributed by atoms with Crippen LogP contribution in [0.4, 0.5) is 0 Å². The van der Waals surface area contributed by atoms with Crippen molar-refractivity contribution in [2.75, 3.05) is 0 Å². The van der Waals surface area contributed by atoms with E-state index in [0.717, 1.165) is 11.3 Å². The van der Waals surface area contributed by atoms with Crippen molar-refractivity contribution in [2.45, 2.75) is 5.16 Å². The third-order valence-corrected chi connectivity index (χ3v) is 1.90. The van der Waals surface area contributed by atoms with Gasteiger partial charge in [0.2, 0.25) is 5.16 Å². The lowest BCUT2D eigenvalue weighted by Gasteiger charge is -1.98. The molecule has 2 nitrogen and oxygen atoms in total. The maximum absolute atomic E-state index is 4.88. The first-order valence-corrected chi connectivity index (χ1v) is 4.32. The van der Waals surface area contributed by atoms with E-state index in [1.165, 1.54) is 0 Å². The van der Waals surface area contributed by atoms with Gasteiger partial charge in [-0.15, -0.1) is 0 Å². The monoisotopic (exact) mass is 187 g/mol.